The molecule has 1 aromatic carbocycles. The number of benzene rings is 1. The molecule has 0 saturated heterocycles. The Kier molecular flexibility index (Phi) is 6.06. The van der Waals surface area contributed by atoms with Crippen molar-refractivity contribution >= 4 is 0 Å². The predicted octanol–water partition coefficient (Wildman–Crippen LogP) is 4.55. The minimum atomic E-state index is 0.0399. The van der Waals surface area contributed by atoms with Crippen molar-refractivity contribution in [3.8, 4) is 0 Å². The predicted molar refractivity (Wildman–Crippen MR) is 84.9 cm³/mol. The number of ether oxygens (including phenoxy) is 1. The van der Waals surface area contributed by atoms with E-state index in [4.69, 9.17) is 10.5 Å². The summed E-state index contributed by atoms with van der Waals surface area (Å²) in [7, 11) is 0. The third kappa shape index (κ3) is 3.83. The van der Waals surface area contributed by atoms with E-state index in [0.29, 0.717) is 5.92 Å². The van der Waals surface area contributed by atoms with Gasteiger partial charge in [0.2, 0.25) is 0 Å². The lowest BCUT2D eigenvalue weighted by atomic mass is 9.79. The molecule has 2 N–H and O–H groups in total. The molecule has 0 aromatic heterocycles. The third-order valence-corrected chi connectivity index (χ3v) is 4.45. The van der Waals surface area contributed by atoms with Crippen molar-refractivity contribution in [3.63, 3.8) is 0 Å². The molecule has 1 aromatic rings. The monoisotopic (exact) mass is 275 g/mol. The van der Waals surface area contributed by atoms with Crippen LogP contribution in [-0.2, 0) is 4.74 Å². The number of nitrogens with two attached hydrogens (primary N) is 1. The number of hydrogen-bond acceptors (Lipinski definition) is 2. The lowest BCUT2D eigenvalue weighted by Crippen LogP contribution is -2.35. The van der Waals surface area contributed by atoms with Crippen LogP contribution in [-0.4, -0.2) is 12.7 Å². The van der Waals surface area contributed by atoms with E-state index in [2.05, 4.69) is 38.1 Å². The van der Waals surface area contributed by atoms with E-state index >= 15 is 0 Å². The van der Waals surface area contributed by atoms with Crippen molar-refractivity contribution in [3.05, 3.63) is 35.4 Å². The molecule has 0 spiro atoms. The maximum absolute atomic E-state index is 6.39. The maximum Gasteiger partial charge on any atom is 0.0773 e. The Hall–Kier alpha value is -0.860. The van der Waals surface area contributed by atoms with Gasteiger partial charge in [-0.3, -0.25) is 0 Å². The van der Waals surface area contributed by atoms with Gasteiger partial charge in [0.1, 0.15) is 0 Å². The second kappa shape index (κ2) is 7.80. The molecule has 2 heteroatoms. The smallest absolute Gasteiger partial charge is 0.0773 e. The second-order valence-electron chi connectivity index (χ2n) is 6.11. The zero-order valence-electron chi connectivity index (χ0n) is 13.0. The zero-order chi connectivity index (χ0) is 14.4. The molecule has 0 aliphatic heterocycles. The summed E-state index contributed by atoms with van der Waals surface area (Å²) >= 11 is 0. The van der Waals surface area contributed by atoms with Gasteiger partial charge in [-0.25, -0.2) is 0 Å². The summed E-state index contributed by atoms with van der Waals surface area (Å²) in [5, 5.41) is 0. The Morgan fingerprint density at radius 1 is 1.10 bits per heavy atom. The second-order valence-corrected chi connectivity index (χ2v) is 6.11. The van der Waals surface area contributed by atoms with Crippen LogP contribution in [0.2, 0.25) is 0 Å². The molecule has 0 saturated carbocycles. The summed E-state index contributed by atoms with van der Waals surface area (Å²) < 4.78 is 6.08. The first-order chi connectivity index (χ1) is 9.74. The average molecular weight is 275 g/mol. The van der Waals surface area contributed by atoms with Gasteiger partial charge in [-0.2, -0.15) is 0 Å². The van der Waals surface area contributed by atoms with Crippen LogP contribution < -0.4 is 5.73 Å². The van der Waals surface area contributed by atoms with Crippen molar-refractivity contribution in [2.24, 2.45) is 5.73 Å². The highest BCUT2D eigenvalue weighted by Crippen LogP contribution is 2.37. The maximum atomic E-state index is 6.39. The third-order valence-electron chi connectivity index (χ3n) is 4.45. The van der Waals surface area contributed by atoms with E-state index in [9.17, 15) is 0 Å². The van der Waals surface area contributed by atoms with Gasteiger partial charge in [0.25, 0.3) is 0 Å². The Labute approximate surface area is 123 Å². The van der Waals surface area contributed by atoms with Crippen LogP contribution >= 0.6 is 0 Å². The lowest BCUT2D eigenvalue weighted by molar-refractivity contribution is 0.0182. The molecule has 112 valence electrons. The van der Waals surface area contributed by atoms with Crippen LogP contribution in [0.3, 0.4) is 0 Å². The molecule has 0 heterocycles. The van der Waals surface area contributed by atoms with Gasteiger partial charge >= 0.3 is 0 Å². The first-order valence-electron chi connectivity index (χ1n) is 8.20. The lowest BCUT2D eigenvalue weighted by Gasteiger charge is -2.34. The van der Waals surface area contributed by atoms with Gasteiger partial charge in [-0.15, -0.1) is 0 Å². The highest BCUT2D eigenvalue weighted by atomic mass is 16.5. The van der Waals surface area contributed by atoms with Gasteiger partial charge in [-0.05, 0) is 29.9 Å². The average Bonchev–Trinajstić information content (AvgIpc) is 2.47. The van der Waals surface area contributed by atoms with E-state index < -0.39 is 0 Å². The Morgan fingerprint density at radius 3 is 2.55 bits per heavy atom. The van der Waals surface area contributed by atoms with Crippen molar-refractivity contribution in [1.29, 1.82) is 0 Å². The van der Waals surface area contributed by atoms with Gasteiger partial charge in [0, 0.05) is 6.61 Å². The number of fused-ring (bicyclic) bond motifs is 1. The standard InChI is InChI=1S/C18H29NO/c1-3-4-5-6-9-12-20-17-13-14(2)15-10-7-8-11-16(15)18(17)19/h7-8,10-11,14,17-18H,3-6,9,12-13,19H2,1-2H3. The van der Waals surface area contributed by atoms with Crippen molar-refractivity contribution in [2.75, 3.05) is 6.61 Å². The first kappa shape index (κ1) is 15.5. The Bertz CT molecular complexity index is 404. The van der Waals surface area contributed by atoms with Gasteiger partial charge in [-0.1, -0.05) is 63.8 Å². The normalized spacial score (nSPS) is 25.4. The molecular weight excluding hydrogens is 246 g/mol. The van der Waals surface area contributed by atoms with Crippen LogP contribution in [0.4, 0.5) is 0 Å². The van der Waals surface area contributed by atoms with Crippen molar-refractivity contribution in [2.45, 2.75) is 70.4 Å². The summed E-state index contributed by atoms with van der Waals surface area (Å²) in [5.74, 6) is 0.552. The molecule has 0 radical (unpaired) electrons. The van der Waals surface area contributed by atoms with Crippen LogP contribution in [0.5, 0.6) is 0 Å². The quantitative estimate of drug-likeness (QED) is 0.741. The summed E-state index contributed by atoms with van der Waals surface area (Å²) in [6.07, 6.45) is 7.64. The Morgan fingerprint density at radius 2 is 1.80 bits per heavy atom. The molecule has 1 aliphatic carbocycles. The van der Waals surface area contributed by atoms with Crippen LogP contribution in [0.1, 0.15) is 75.5 Å². The van der Waals surface area contributed by atoms with Crippen molar-refractivity contribution in [1.82, 2.24) is 0 Å². The molecule has 1 aliphatic rings. The topological polar surface area (TPSA) is 35.2 Å². The summed E-state index contributed by atoms with van der Waals surface area (Å²) in [5.41, 5.74) is 9.08. The molecule has 0 bridgehead atoms. The van der Waals surface area contributed by atoms with Gasteiger partial charge < -0.3 is 10.5 Å². The SMILES string of the molecule is CCCCCCCOC1CC(C)c2ccccc2C1N. The van der Waals surface area contributed by atoms with E-state index in [1.807, 2.05) is 0 Å². The van der Waals surface area contributed by atoms with Gasteiger partial charge in [0.05, 0.1) is 12.1 Å². The first-order valence-corrected chi connectivity index (χ1v) is 8.20. The van der Waals surface area contributed by atoms with Crippen molar-refractivity contribution < 1.29 is 4.74 Å². The molecule has 0 fully saturated rings. The zero-order valence-corrected chi connectivity index (χ0v) is 13.0. The molecule has 2 rings (SSSR count). The molecule has 2 nitrogen and oxygen atoms in total. The van der Waals surface area contributed by atoms with E-state index in [1.165, 1.54) is 43.2 Å². The van der Waals surface area contributed by atoms with E-state index in [0.717, 1.165) is 13.0 Å². The molecular formula is C18H29NO. The van der Waals surface area contributed by atoms with Gasteiger partial charge in [0.15, 0.2) is 0 Å². The summed E-state index contributed by atoms with van der Waals surface area (Å²) in [4.78, 5) is 0. The minimum Gasteiger partial charge on any atom is -0.376 e. The molecule has 0 amide bonds. The fourth-order valence-electron chi connectivity index (χ4n) is 3.20. The Balaban J connectivity index is 1.82. The van der Waals surface area contributed by atoms with Crippen LogP contribution in [0.15, 0.2) is 24.3 Å². The molecule has 20 heavy (non-hydrogen) atoms. The summed E-state index contributed by atoms with van der Waals surface area (Å²) in [6, 6.07) is 8.60. The molecule has 3 unspecified atom stereocenters. The molecule has 3 atom stereocenters. The number of hydrogen-bond donors (Lipinski definition) is 1. The fraction of sp³-hybridized carbons (Fsp3) is 0.667. The van der Waals surface area contributed by atoms with E-state index in [1.54, 1.807) is 0 Å². The minimum absolute atomic E-state index is 0.0399. The van der Waals surface area contributed by atoms with E-state index in [-0.39, 0.29) is 12.1 Å². The number of unbranched alkanes of at least 4 members (excludes halogenated alkanes) is 4. The highest BCUT2D eigenvalue weighted by molar-refractivity contribution is 5.35. The summed E-state index contributed by atoms with van der Waals surface area (Å²) in [6.45, 7) is 5.38. The van der Waals surface area contributed by atoms with Crippen LogP contribution in [0.25, 0.3) is 0 Å². The fourth-order valence-corrected chi connectivity index (χ4v) is 3.20. The number of rotatable bonds is 7. The van der Waals surface area contributed by atoms with Crippen LogP contribution in [0, 0.1) is 0 Å². The largest absolute Gasteiger partial charge is 0.376 e. The highest BCUT2D eigenvalue weighted by Gasteiger charge is 2.30.